The van der Waals surface area contributed by atoms with Crippen molar-refractivity contribution < 1.29 is 57.1 Å². The van der Waals surface area contributed by atoms with Gasteiger partial charge in [-0.2, -0.15) is 39.5 Å². The number of hydrogen-bond donors (Lipinski definition) is 1. The molecule has 228 valence electrons. The van der Waals surface area contributed by atoms with Crippen LogP contribution in [0.3, 0.4) is 0 Å². The number of rotatable bonds is 8. The van der Waals surface area contributed by atoms with Crippen molar-refractivity contribution in [3.8, 4) is 0 Å². The molecule has 0 saturated heterocycles. The van der Waals surface area contributed by atoms with Crippen molar-refractivity contribution in [3.63, 3.8) is 0 Å². The molecule has 2 atom stereocenters. The largest absolute Gasteiger partial charge is 0.417 e. The van der Waals surface area contributed by atoms with Gasteiger partial charge in [0.15, 0.2) is 9.84 Å². The lowest BCUT2D eigenvalue weighted by molar-refractivity contribution is -0.140. The molecule has 1 amide bonds. The van der Waals surface area contributed by atoms with Gasteiger partial charge in [0, 0.05) is 11.6 Å². The van der Waals surface area contributed by atoms with Gasteiger partial charge >= 0.3 is 18.5 Å². The minimum absolute atomic E-state index is 0.0232. The van der Waals surface area contributed by atoms with Crippen molar-refractivity contribution in [2.75, 3.05) is 11.5 Å². The highest BCUT2D eigenvalue weighted by molar-refractivity contribution is 7.91. The van der Waals surface area contributed by atoms with Crippen molar-refractivity contribution in [2.45, 2.75) is 44.3 Å². The fourth-order valence-electron chi connectivity index (χ4n) is 3.76. The smallest absolute Gasteiger partial charge is 0.349 e. The quantitative estimate of drug-likeness (QED) is 0.291. The van der Waals surface area contributed by atoms with Crippen molar-refractivity contribution in [2.24, 2.45) is 0 Å². The standard InChI is InChI=1S/C24H19Cl2F10NO3S/c1-11(9-41(39,40)10-22(28,29)30)37-21(38)15-4-3-13(7-16(15)23(31,32)33)19(27)8-17(24(34,35)36)14-5-6-18(25)20(26)12(14)2/h3-8,11,17H,9-10H2,1-2H3,(H,37,38)/b19-8-. The van der Waals surface area contributed by atoms with E-state index in [4.69, 9.17) is 23.2 Å². The fourth-order valence-corrected chi connectivity index (χ4v) is 5.60. The van der Waals surface area contributed by atoms with Crippen LogP contribution in [0.15, 0.2) is 36.4 Å². The Bertz CT molecular complexity index is 1430. The van der Waals surface area contributed by atoms with Crippen LogP contribution < -0.4 is 5.32 Å². The van der Waals surface area contributed by atoms with Gasteiger partial charge in [-0.25, -0.2) is 12.8 Å². The predicted molar refractivity (Wildman–Crippen MR) is 132 cm³/mol. The number of allylic oxidation sites excluding steroid dienone is 1. The number of benzene rings is 2. The Kier molecular flexibility index (Phi) is 10.5. The Morgan fingerprint density at radius 3 is 2.10 bits per heavy atom. The summed E-state index contributed by atoms with van der Waals surface area (Å²) >= 11 is 11.7. The molecule has 17 heteroatoms. The van der Waals surface area contributed by atoms with Gasteiger partial charge in [-0.3, -0.25) is 4.79 Å². The van der Waals surface area contributed by atoms with E-state index in [9.17, 15) is 52.7 Å². The van der Waals surface area contributed by atoms with Crippen LogP contribution in [-0.2, 0) is 16.0 Å². The van der Waals surface area contributed by atoms with Crippen LogP contribution in [-0.4, -0.2) is 44.2 Å². The molecule has 0 saturated carbocycles. The lowest BCUT2D eigenvalue weighted by atomic mass is 9.92. The summed E-state index contributed by atoms with van der Waals surface area (Å²) in [5.41, 5.74) is -4.64. The normalized spacial score (nSPS) is 15.0. The van der Waals surface area contributed by atoms with Gasteiger partial charge in [0.05, 0.1) is 26.9 Å². The third-order valence-electron chi connectivity index (χ3n) is 5.49. The second-order valence-electron chi connectivity index (χ2n) is 8.91. The monoisotopic (exact) mass is 661 g/mol. The summed E-state index contributed by atoms with van der Waals surface area (Å²) in [7, 11) is -4.80. The molecule has 2 rings (SSSR count). The number of hydrogen-bond acceptors (Lipinski definition) is 3. The van der Waals surface area contributed by atoms with Crippen LogP contribution >= 0.6 is 23.2 Å². The summed E-state index contributed by atoms with van der Waals surface area (Å²) in [5.74, 6) is -9.45. The molecule has 0 fully saturated rings. The predicted octanol–water partition coefficient (Wildman–Crippen LogP) is 8.07. The number of carbonyl (C=O) groups excluding carboxylic acids is 1. The first kappa shape index (κ1) is 34.7. The van der Waals surface area contributed by atoms with Crippen LogP contribution in [0.4, 0.5) is 43.9 Å². The maximum atomic E-state index is 15.0. The summed E-state index contributed by atoms with van der Waals surface area (Å²) in [6.07, 6.45) is -15.5. The van der Waals surface area contributed by atoms with Crippen molar-refractivity contribution in [1.29, 1.82) is 0 Å². The summed E-state index contributed by atoms with van der Waals surface area (Å²) in [6, 6.07) is 1.47. The summed E-state index contributed by atoms with van der Waals surface area (Å²) in [4.78, 5) is 12.5. The Morgan fingerprint density at radius 1 is 1.00 bits per heavy atom. The third kappa shape index (κ3) is 9.50. The molecule has 0 aromatic heterocycles. The Labute approximate surface area is 237 Å². The zero-order valence-corrected chi connectivity index (χ0v) is 23.0. The average molecular weight is 662 g/mol. The molecule has 0 bridgehead atoms. The number of carbonyl (C=O) groups is 1. The first-order valence-corrected chi connectivity index (χ1v) is 13.7. The third-order valence-corrected chi connectivity index (χ3v) is 8.17. The Morgan fingerprint density at radius 2 is 1.59 bits per heavy atom. The van der Waals surface area contributed by atoms with Gasteiger partial charge in [0.1, 0.15) is 17.5 Å². The zero-order chi connectivity index (χ0) is 31.7. The Hall–Kier alpha value is -2.52. The molecule has 4 nitrogen and oxygen atoms in total. The highest BCUT2D eigenvalue weighted by Gasteiger charge is 2.42. The van der Waals surface area contributed by atoms with E-state index in [-0.39, 0.29) is 27.8 Å². The van der Waals surface area contributed by atoms with E-state index < -0.39 is 85.8 Å². The lowest BCUT2D eigenvalue weighted by Gasteiger charge is -2.21. The second kappa shape index (κ2) is 12.4. The summed E-state index contributed by atoms with van der Waals surface area (Å²) in [5, 5.41) is 1.49. The van der Waals surface area contributed by atoms with Gasteiger partial charge in [-0.1, -0.05) is 35.3 Å². The van der Waals surface area contributed by atoms with Gasteiger partial charge in [-0.05, 0) is 49.2 Å². The first-order valence-electron chi connectivity index (χ1n) is 11.1. The Balaban J connectivity index is 2.47. The molecule has 1 N–H and O–H groups in total. The van der Waals surface area contributed by atoms with Crippen LogP contribution in [0.1, 0.15) is 45.5 Å². The molecule has 0 aliphatic rings. The van der Waals surface area contributed by atoms with Gasteiger partial charge in [0.25, 0.3) is 5.91 Å². The topological polar surface area (TPSA) is 63.2 Å². The maximum Gasteiger partial charge on any atom is 0.417 e. The zero-order valence-electron chi connectivity index (χ0n) is 20.7. The van der Waals surface area contributed by atoms with Gasteiger partial charge in [0.2, 0.25) is 0 Å². The van der Waals surface area contributed by atoms with Crippen LogP contribution in [0.2, 0.25) is 10.0 Å². The highest BCUT2D eigenvalue weighted by Crippen LogP contribution is 2.43. The molecular weight excluding hydrogens is 643 g/mol. The average Bonchev–Trinajstić information content (AvgIpc) is 2.77. The number of amides is 1. The number of halogens is 12. The minimum atomic E-state index is -5.35. The van der Waals surface area contributed by atoms with E-state index in [1.807, 2.05) is 5.32 Å². The van der Waals surface area contributed by atoms with E-state index in [2.05, 4.69) is 0 Å². The molecule has 2 aromatic carbocycles. The molecular formula is C24H19Cl2F10NO3S. The summed E-state index contributed by atoms with van der Waals surface area (Å²) in [6.45, 7) is 2.11. The van der Waals surface area contributed by atoms with E-state index in [1.54, 1.807) is 0 Å². The minimum Gasteiger partial charge on any atom is -0.349 e. The number of sulfone groups is 1. The fraction of sp³-hybridized carbons (Fsp3) is 0.375. The van der Waals surface area contributed by atoms with Crippen LogP contribution in [0, 0.1) is 6.92 Å². The lowest BCUT2D eigenvalue weighted by Crippen LogP contribution is -2.40. The van der Waals surface area contributed by atoms with Gasteiger partial charge < -0.3 is 5.32 Å². The van der Waals surface area contributed by atoms with E-state index in [0.29, 0.717) is 12.1 Å². The highest BCUT2D eigenvalue weighted by atomic mass is 35.5. The van der Waals surface area contributed by atoms with E-state index in [1.165, 1.54) is 6.92 Å². The van der Waals surface area contributed by atoms with Crippen LogP contribution in [0.25, 0.3) is 5.83 Å². The number of nitrogens with one attached hydrogen (secondary N) is 1. The molecule has 2 aromatic rings. The molecule has 41 heavy (non-hydrogen) atoms. The van der Waals surface area contributed by atoms with E-state index >= 15 is 4.39 Å². The van der Waals surface area contributed by atoms with Crippen molar-refractivity contribution >= 4 is 44.8 Å². The summed E-state index contributed by atoms with van der Waals surface area (Å²) < 4.78 is 158. The van der Waals surface area contributed by atoms with Crippen molar-refractivity contribution in [1.82, 2.24) is 5.32 Å². The van der Waals surface area contributed by atoms with Gasteiger partial charge in [-0.15, -0.1) is 0 Å². The molecule has 0 spiro atoms. The molecule has 0 aliphatic heterocycles. The second-order valence-corrected chi connectivity index (χ2v) is 11.8. The molecule has 0 heterocycles. The molecule has 2 unspecified atom stereocenters. The first-order chi connectivity index (χ1) is 18.4. The SMILES string of the molecule is Cc1c(C(/C=C(\F)c2ccc(C(=O)NC(C)CS(=O)(=O)CC(F)(F)F)c(C(F)(F)F)c2)C(F)(F)F)ccc(Cl)c1Cl. The maximum absolute atomic E-state index is 15.0. The van der Waals surface area contributed by atoms with Crippen molar-refractivity contribution in [3.05, 3.63) is 74.3 Å². The van der Waals surface area contributed by atoms with E-state index in [0.717, 1.165) is 19.1 Å². The number of alkyl halides is 9. The van der Waals surface area contributed by atoms with Crippen LogP contribution in [0.5, 0.6) is 0 Å². The molecule has 0 radical (unpaired) electrons. The molecule has 0 aliphatic carbocycles.